The predicted octanol–water partition coefficient (Wildman–Crippen LogP) is 4.96. The lowest BCUT2D eigenvalue weighted by Gasteiger charge is -2.18. The van der Waals surface area contributed by atoms with Crippen LogP contribution in [-0.2, 0) is 6.54 Å². The maximum absolute atomic E-state index is 13.2. The molecule has 0 spiro atoms. The van der Waals surface area contributed by atoms with Crippen molar-refractivity contribution in [3.8, 4) is 17.2 Å². The Balaban J connectivity index is 1.61. The zero-order chi connectivity index (χ0) is 22.2. The van der Waals surface area contributed by atoms with Gasteiger partial charge in [-0.3, -0.25) is 4.79 Å². The number of hydrogen-bond donors (Lipinski definition) is 0. The third-order valence-corrected chi connectivity index (χ3v) is 4.54. The highest BCUT2D eigenvalue weighted by Crippen LogP contribution is 2.28. The lowest BCUT2D eigenvalue weighted by atomic mass is 10.1. The molecule has 0 atom stereocenters. The smallest absolute Gasteiger partial charge is 0.463 e. The van der Waals surface area contributed by atoms with Gasteiger partial charge in [0.15, 0.2) is 5.76 Å². The van der Waals surface area contributed by atoms with Gasteiger partial charge in [0.05, 0.1) is 22.9 Å². The molecule has 4 aromatic rings. The number of carbonyl (C=O) groups excluding carboxylic acids is 1. The van der Waals surface area contributed by atoms with Gasteiger partial charge < -0.3 is 18.6 Å². The monoisotopic (exact) mass is 431 g/mol. The molecule has 1 aromatic carbocycles. The second kappa shape index (κ2) is 7.78. The number of benzene rings is 1. The lowest BCUT2D eigenvalue weighted by Crippen LogP contribution is -2.26. The summed E-state index contributed by atoms with van der Waals surface area (Å²) in [6.45, 7) is 1.87. The SMILES string of the molecule is Cc1noc2nc(-c3ccco3)cc(C(=O)N(C)Cc3ccc(OC(F)(F)F)cc3)c12. The van der Waals surface area contributed by atoms with Crippen molar-refractivity contribution < 1.29 is 31.6 Å². The molecular formula is C21H16F3N3O4. The molecule has 1 amide bonds. The van der Waals surface area contributed by atoms with E-state index in [1.165, 1.54) is 35.4 Å². The van der Waals surface area contributed by atoms with Crippen LogP contribution in [0.2, 0.25) is 0 Å². The Labute approximate surface area is 174 Å². The molecule has 0 aliphatic carbocycles. The first-order chi connectivity index (χ1) is 14.7. The molecule has 7 nitrogen and oxygen atoms in total. The van der Waals surface area contributed by atoms with Crippen LogP contribution in [0.25, 0.3) is 22.6 Å². The summed E-state index contributed by atoms with van der Waals surface area (Å²) in [6, 6.07) is 10.3. The third-order valence-electron chi connectivity index (χ3n) is 4.54. The van der Waals surface area contributed by atoms with E-state index in [2.05, 4.69) is 14.9 Å². The van der Waals surface area contributed by atoms with Crippen LogP contribution in [0, 0.1) is 6.92 Å². The highest BCUT2D eigenvalue weighted by Gasteiger charge is 2.31. The van der Waals surface area contributed by atoms with E-state index < -0.39 is 6.36 Å². The second-order valence-electron chi connectivity index (χ2n) is 6.83. The fraction of sp³-hybridized carbons (Fsp3) is 0.190. The number of furan rings is 1. The molecule has 0 saturated carbocycles. The van der Waals surface area contributed by atoms with Crippen LogP contribution in [-0.4, -0.2) is 34.4 Å². The molecule has 0 bridgehead atoms. The Morgan fingerprint density at radius 3 is 2.58 bits per heavy atom. The number of amides is 1. The van der Waals surface area contributed by atoms with Crippen molar-refractivity contribution in [2.45, 2.75) is 19.8 Å². The van der Waals surface area contributed by atoms with E-state index in [9.17, 15) is 18.0 Å². The number of nitrogens with zero attached hydrogens (tertiary/aromatic N) is 3. The van der Waals surface area contributed by atoms with Gasteiger partial charge >= 0.3 is 6.36 Å². The van der Waals surface area contributed by atoms with Gasteiger partial charge in [-0.2, -0.15) is 0 Å². The summed E-state index contributed by atoms with van der Waals surface area (Å²) in [4.78, 5) is 19.0. The van der Waals surface area contributed by atoms with Crippen molar-refractivity contribution in [1.29, 1.82) is 0 Å². The minimum Gasteiger partial charge on any atom is -0.463 e. The summed E-state index contributed by atoms with van der Waals surface area (Å²) in [6.07, 6.45) is -3.27. The van der Waals surface area contributed by atoms with Crippen molar-refractivity contribution in [1.82, 2.24) is 15.0 Å². The largest absolute Gasteiger partial charge is 0.573 e. The normalized spacial score (nSPS) is 11.6. The summed E-state index contributed by atoms with van der Waals surface area (Å²) in [7, 11) is 1.59. The Kier molecular flexibility index (Phi) is 5.14. The van der Waals surface area contributed by atoms with E-state index in [1.54, 1.807) is 32.2 Å². The number of halogens is 3. The highest BCUT2D eigenvalue weighted by atomic mass is 19.4. The van der Waals surface area contributed by atoms with Gasteiger partial charge in [-0.1, -0.05) is 17.3 Å². The Morgan fingerprint density at radius 1 is 1.19 bits per heavy atom. The van der Waals surface area contributed by atoms with Crippen LogP contribution in [0.15, 0.2) is 57.7 Å². The molecule has 160 valence electrons. The van der Waals surface area contributed by atoms with Crippen LogP contribution in [0.1, 0.15) is 21.6 Å². The third kappa shape index (κ3) is 4.37. The minimum absolute atomic E-state index is 0.162. The van der Waals surface area contributed by atoms with Crippen molar-refractivity contribution in [2.75, 3.05) is 7.05 Å². The molecule has 3 heterocycles. The van der Waals surface area contributed by atoms with E-state index in [4.69, 9.17) is 8.94 Å². The summed E-state index contributed by atoms with van der Waals surface area (Å²) in [5, 5.41) is 4.39. The Bertz CT molecular complexity index is 1220. The van der Waals surface area contributed by atoms with Crippen LogP contribution in [0.5, 0.6) is 5.75 Å². The quantitative estimate of drug-likeness (QED) is 0.444. The number of ether oxygens (including phenoxy) is 1. The van der Waals surface area contributed by atoms with Gasteiger partial charge in [0.1, 0.15) is 11.4 Å². The summed E-state index contributed by atoms with van der Waals surface area (Å²) in [5.74, 6) is -0.195. The first-order valence-corrected chi connectivity index (χ1v) is 9.12. The van der Waals surface area contributed by atoms with Crippen molar-refractivity contribution in [3.05, 3.63) is 65.5 Å². The van der Waals surface area contributed by atoms with Crippen molar-refractivity contribution in [3.63, 3.8) is 0 Å². The number of pyridine rings is 1. The number of hydrogen-bond acceptors (Lipinski definition) is 6. The Hall–Kier alpha value is -3.82. The van der Waals surface area contributed by atoms with Gasteiger partial charge in [0.2, 0.25) is 0 Å². The topological polar surface area (TPSA) is 81.6 Å². The van der Waals surface area contributed by atoms with Crippen LogP contribution < -0.4 is 4.74 Å². The van der Waals surface area contributed by atoms with Gasteiger partial charge in [0.25, 0.3) is 11.6 Å². The van der Waals surface area contributed by atoms with E-state index in [0.29, 0.717) is 33.7 Å². The van der Waals surface area contributed by atoms with Crippen LogP contribution in [0.4, 0.5) is 13.2 Å². The minimum atomic E-state index is -4.76. The molecule has 3 aromatic heterocycles. The first kappa shape index (κ1) is 20.5. The summed E-state index contributed by atoms with van der Waals surface area (Å²) < 4.78 is 51.4. The molecule has 4 rings (SSSR count). The molecule has 31 heavy (non-hydrogen) atoms. The number of aryl methyl sites for hydroxylation is 1. The van der Waals surface area contributed by atoms with Crippen LogP contribution >= 0.6 is 0 Å². The fourth-order valence-corrected chi connectivity index (χ4v) is 3.16. The molecule has 0 radical (unpaired) electrons. The van der Waals surface area contributed by atoms with Gasteiger partial charge in [-0.25, -0.2) is 4.98 Å². The number of alkyl halides is 3. The van der Waals surface area contributed by atoms with E-state index >= 15 is 0 Å². The van der Waals surface area contributed by atoms with E-state index in [0.717, 1.165) is 0 Å². The standard InChI is InChI=1S/C21H16F3N3O4/c1-12-18-15(10-16(17-4-3-9-29-17)25-19(18)31-26-12)20(28)27(2)11-13-5-7-14(8-6-13)30-21(22,23)24/h3-10H,11H2,1-2H3. The molecule has 10 heteroatoms. The molecule has 0 fully saturated rings. The zero-order valence-corrected chi connectivity index (χ0v) is 16.4. The summed E-state index contributed by atoms with van der Waals surface area (Å²) >= 11 is 0. The average Bonchev–Trinajstić information content (AvgIpc) is 3.37. The van der Waals surface area contributed by atoms with E-state index in [-0.39, 0.29) is 23.9 Å². The van der Waals surface area contributed by atoms with Gasteiger partial charge in [-0.15, -0.1) is 13.2 Å². The maximum atomic E-state index is 13.2. The summed E-state index contributed by atoms with van der Waals surface area (Å²) in [5.41, 5.74) is 2.09. The lowest BCUT2D eigenvalue weighted by molar-refractivity contribution is -0.274. The number of aromatic nitrogens is 2. The first-order valence-electron chi connectivity index (χ1n) is 9.12. The molecule has 0 saturated heterocycles. The van der Waals surface area contributed by atoms with Crippen molar-refractivity contribution >= 4 is 17.0 Å². The van der Waals surface area contributed by atoms with E-state index in [1.807, 2.05) is 0 Å². The Morgan fingerprint density at radius 2 is 1.94 bits per heavy atom. The number of fused-ring (bicyclic) bond motifs is 1. The zero-order valence-electron chi connectivity index (χ0n) is 16.4. The highest BCUT2D eigenvalue weighted by molar-refractivity contribution is 6.06. The van der Waals surface area contributed by atoms with Crippen molar-refractivity contribution in [2.24, 2.45) is 0 Å². The van der Waals surface area contributed by atoms with Crippen LogP contribution in [0.3, 0.4) is 0 Å². The maximum Gasteiger partial charge on any atom is 0.573 e. The molecule has 0 N–H and O–H groups in total. The fourth-order valence-electron chi connectivity index (χ4n) is 3.16. The number of carbonyl (C=O) groups is 1. The van der Waals surface area contributed by atoms with Gasteiger partial charge in [-0.05, 0) is 42.8 Å². The predicted molar refractivity (Wildman–Crippen MR) is 103 cm³/mol. The molecule has 0 unspecified atom stereocenters. The number of rotatable bonds is 5. The molecular weight excluding hydrogens is 415 g/mol. The average molecular weight is 431 g/mol. The molecule has 0 aliphatic rings. The van der Waals surface area contributed by atoms with Gasteiger partial charge in [0, 0.05) is 13.6 Å². The molecule has 0 aliphatic heterocycles. The second-order valence-corrected chi connectivity index (χ2v) is 6.83.